The molecule has 4 aliphatic carbocycles. The van der Waals surface area contributed by atoms with E-state index in [1.54, 1.807) is 7.05 Å². The van der Waals surface area contributed by atoms with Crippen LogP contribution in [-0.2, 0) is 105 Å². The molecular formula is C102H204Fe2N9O9P. The standard InChI is InChI=1S/2C31H49N3O3.C8H15NO.C7H14NO2P.12C2H6.CH5N.2Fe/c2*1-8-19(3)21(5)31(7,20(4)9-2)27-16-24(17-29(36)37)30(34-27)26-15-25(22(6)33-26)18-32-28(35)14-23-12-10-11-13-23;1-9-8(10)6-7-4-2-3-5-7;9-7(10-8-11)5-6-3-1-2-4-6;13*1-2;;/h2*15-16,19-21,23,33-34H,8-14,17-18H2,1-7H3,(H,32,35)(H,36,37);7H,2-6H2,1H3,(H,9,10);6,8H,1-5,11H2;12*1-2H3;2H2,1H3;;. The summed E-state index contributed by atoms with van der Waals surface area (Å²) in [5, 5.41) is 30.5. The van der Waals surface area contributed by atoms with Crippen molar-refractivity contribution in [3.8, 4) is 22.8 Å². The first kappa shape index (κ1) is 141. The Morgan fingerprint density at radius 3 is 0.902 bits per heavy atom. The Labute approximate surface area is 784 Å². The number of carboxylic acid groups (broad SMARTS) is 2. The molecule has 3 amide bonds. The van der Waals surface area contributed by atoms with Crippen molar-refractivity contribution >= 4 is 45.0 Å². The molecule has 21 heteroatoms. The maximum absolute atomic E-state index is 12.5. The summed E-state index contributed by atoms with van der Waals surface area (Å²) in [5.74, 6) is 3.70. The Kier molecular flexibility index (Phi) is 104. The van der Waals surface area contributed by atoms with E-state index in [0.29, 0.717) is 91.5 Å². The van der Waals surface area contributed by atoms with Gasteiger partial charge in [-0.1, -0.05) is 326 Å². The molecule has 0 radical (unpaired) electrons. The van der Waals surface area contributed by atoms with Gasteiger partial charge in [-0.15, -0.1) is 5.25 Å². The van der Waals surface area contributed by atoms with Crippen molar-refractivity contribution in [3.05, 3.63) is 69.3 Å². The van der Waals surface area contributed by atoms with Gasteiger partial charge in [0, 0.05) is 107 Å². The molecule has 0 spiro atoms. The fourth-order valence-electron chi connectivity index (χ4n) is 15.8. The number of carbonyl (C=O) groups is 6. The molecule has 4 heterocycles. The number of aliphatic carboxylic acids is 2. The number of hydrogen-bond acceptors (Lipinski definition) is 9. The van der Waals surface area contributed by atoms with Crippen LogP contribution in [-0.4, -0.2) is 79.9 Å². The van der Waals surface area contributed by atoms with Gasteiger partial charge >= 0.3 is 17.9 Å². The second kappa shape index (κ2) is 90.7. The van der Waals surface area contributed by atoms with Crippen LogP contribution in [0.4, 0.5) is 0 Å². The van der Waals surface area contributed by atoms with E-state index in [2.05, 4.69) is 168 Å². The third-order valence-electron chi connectivity index (χ3n) is 23.8. The number of amides is 3. The van der Waals surface area contributed by atoms with Gasteiger partial charge in [0.05, 0.1) is 42.0 Å². The van der Waals surface area contributed by atoms with E-state index in [1.807, 2.05) is 180 Å². The second-order valence-electron chi connectivity index (χ2n) is 29.7. The van der Waals surface area contributed by atoms with Gasteiger partial charge < -0.3 is 56.7 Å². The molecule has 4 aromatic heterocycles. The Morgan fingerprint density at radius 1 is 0.423 bits per heavy atom. The average Bonchev–Trinajstić information content (AvgIpc) is 1.63. The fourth-order valence-corrected chi connectivity index (χ4v) is 15.9. The van der Waals surface area contributed by atoms with Crippen molar-refractivity contribution in [2.75, 3.05) is 14.1 Å². The zero-order chi connectivity index (χ0) is 96.2. The summed E-state index contributed by atoms with van der Waals surface area (Å²) in [6.07, 6.45) is 26.4. The molecule has 8 rings (SSSR count). The van der Waals surface area contributed by atoms with E-state index in [9.17, 15) is 39.0 Å². The fraction of sp³-hybridized carbons (Fsp3) is 0.784. The van der Waals surface area contributed by atoms with Gasteiger partial charge in [0.25, 0.3) is 0 Å². The molecular weight excluding hydrogens is 1640 g/mol. The molecule has 0 aromatic carbocycles. The predicted molar refractivity (Wildman–Crippen MR) is 533 cm³/mol. The number of nitrogens with one attached hydrogen (secondary N) is 8. The van der Waals surface area contributed by atoms with Crippen LogP contribution >= 0.6 is 9.39 Å². The number of rotatable bonds is 31. The maximum atomic E-state index is 12.5. The number of carbonyl (C=O) groups excluding carboxylic acids is 4. The number of H-pyrrole nitrogens is 4. The number of aromatic nitrogens is 4. The number of nitrogens with two attached hydrogens (primary N) is 1. The monoisotopic (exact) mass is 1840 g/mol. The maximum Gasteiger partial charge on any atom is 0.325 e. The van der Waals surface area contributed by atoms with Gasteiger partial charge in [0.1, 0.15) is 0 Å². The van der Waals surface area contributed by atoms with Crippen LogP contribution in [0.5, 0.6) is 0 Å². The zero-order valence-corrected chi connectivity index (χ0v) is 90.9. The first-order chi connectivity index (χ1) is 58.2. The summed E-state index contributed by atoms with van der Waals surface area (Å²) < 4.78 is 0. The van der Waals surface area contributed by atoms with Crippen LogP contribution in [0.1, 0.15) is 448 Å². The van der Waals surface area contributed by atoms with Crippen molar-refractivity contribution in [1.29, 1.82) is 0 Å². The van der Waals surface area contributed by atoms with Gasteiger partial charge in [0.15, 0.2) is 0 Å². The Bertz CT molecular complexity index is 2880. The normalized spacial score (nSPS) is 14.9. The van der Waals surface area contributed by atoms with Crippen LogP contribution in [0.3, 0.4) is 0 Å². The molecule has 9 atom stereocenters. The number of aryl methyl sites for hydroxylation is 2. The van der Waals surface area contributed by atoms with E-state index in [-0.39, 0.29) is 81.5 Å². The van der Waals surface area contributed by atoms with Crippen molar-refractivity contribution in [2.45, 2.75) is 454 Å². The minimum absolute atomic E-state index is 0. The zero-order valence-electron chi connectivity index (χ0n) is 87.5. The van der Waals surface area contributed by atoms with Crippen molar-refractivity contribution in [1.82, 2.24) is 41.1 Å². The van der Waals surface area contributed by atoms with Crippen molar-refractivity contribution < 1.29 is 78.0 Å². The van der Waals surface area contributed by atoms with Gasteiger partial charge in [0.2, 0.25) is 17.7 Å². The van der Waals surface area contributed by atoms with Gasteiger partial charge in [-0.25, -0.2) is 0 Å². The second-order valence-corrected chi connectivity index (χ2v) is 30.0. The van der Waals surface area contributed by atoms with Gasteiger partial charge in [-0.2, -0.15) is 0 Å². The van der Waals surface area contributed by atoms with E-state index in [1.165, 1.54) is 84.1 Å². The Balaban J connectivity index is -0.000000149. The molecule has 9 unspecified atom stereocenters. The first-order valence-electron chi connectivity index (χ1n) is 49.4. The van der Waals surface area contributed by atoms with Crippen LogP contribution in [0.25, 0.3) is 22.8 Å². The molecule has 0 saturated heterocycles. The number of aromatic amines is 4. The van der Waals surface area contributed by atoms with Crippen LogP contribution in [0, 0.1) is 73.0 Å². The molecule has 0 bridgehead atoms. The van der Waals surface area contributed by atoms with Crippen LogP contribution in [0.15, 0.2) is 24.3 Å². The molecule has 4 aliphatic rings. The molecule has 732 valence electrons. The minimum atomic E-state index is -0.838. The summed E-state index contributed by atoms with van der Waals surface area (Å²) in [7, 11) is 5.34. The summed E-state index contributed by atoms with van der Waals surface area (Å²) >= 11 is 0. The van der Waals surface area contributed by atoms with E-state index < -0.39 is 11.9 Å². The van der Waals surface area contributed by atoms with E-state index >= 15 is 0 Å². The minimum Gasteiger partial charge on any atom is -0.481 e. The predicted octanol–water partition coefficient (Wildman–Crippen LogP) is 28.9. The van der Waals surface area contributed by atoms with Crippen molar-refractivity contribution in [3.63, 3.8) is 0 Å². The van der Waals surface area contributed by atoms with E-state index in [0.717, 1.165) is 126 Å². The molecule has 18 nitrogen and oxygen atoms in total. The van der Waals surface area contributed by atoms with Crippen molar-refractivity contribution in [2.24, 2.45) is 64.9 Å². The van der Waals surface area contributed by atoms with Crippen LogP contribution < -0.4 is 26.9 Å². The summed E-state index contributed by atoms with van der Waals surface area (Å²) in [4.78, 5) is 89.3. The molecule has 123 heavy (non-hydrogen) atoms. The number of hydrogen-bond donors (Lipinski definition) is 11. The molecule has 12 N–H and O–H groups in total. The SMILES string of the molecule is CC.CC.CC.CC.CC.CC.CC.CC.CC.CC.CC.CC.CCC(C)C(C)C(C)(c1cc(CC(=O)O)c(-c2cc(CNC(=O)CC3CCCC3)c(C)[nH]2)[nH]1)C(C)CC.CCC(C)C(C)C(C)(c1cc(CC(=O)O)c(-c2cc(CNC(=O)CC3CCCC3)c(C)[nH]2)[nH]1)C(C)CC.CN.CNC(=O)CC1CCCC1.O=C(CC1CCCC1)ONP.[Fe].[Fe]. The number of carboxylic acids is 2. The van der Waals surface area contributed by atoms with E-state index in [4.69, 9.17) is 0 Å². The molecule has 4 fully saturated rings. The van der Waals surface area contributed by atoms with Crippen LogP contribution in [0.2, 0.25) is 0 Å². The molecule has 0 aliphatic heterocycles. The first-order valence-corrected chi connectivity index (χ1v) is 50.0. The van der Waals surface area contributed by atoms with Gasteiger partial charge in [-0.3, -0.25) is 28.8 Å². The smallest absolute Gasteiger partial charge is 0.325 e. The average molecular weight is 1840 g/mol. The summed E-state index contributed by atoms with van der Waals surface area (Å²) in [6, 6.07) is 8.30. The quantitative estimate of drug-likeness (QED) is 0.0128. The van der Waals surface area contributed by atoms with Gasteiger partial charge in [-0.05, 0) is 187 Å². The molecule has 4 saturated carbocycles. The topological polar surface area (TPSA) is 289 Å². The summed E-state index contributed by atoms with van der Waals surface area (Å²) in [5.41, 5.74) is 15.6. The third-order valence-corrected chi connectivity index (χ3v) is 23.9. The third kappa shape index (κ3) is 53.8. The molecule has 4 aromatic rings. The summed E-state index contributed by atoms with van der Waals surface area (Å²) in [6.45, 7) is 80.5. The Hall–Kier alpha value is -4.67. The Morgan fingerprint density at radius 2 is 0.675 bits per heavy atom. The largest absolute Gasteiger partial charge is 0.481 e.